The lowest BCUT2D eigenvalue weighted by Crippen LogP contribution is -2.25. The molecule has 2 fully saturated rings. The molecule has 2 N–H and O–H groups in total. The van der Waals surface area contributed by atoms with Gasteiger partial charge in [0.25, 0.3) is 5.56 Å². The number of likely N-dealkylation sites (N-methyl/N-ethyl adjacent to an activating group) is 1. The minimum Gasteiger partial charge on any atom is -0.445 e. The van der Waals surface area contributed by atoms with Crippen LogP contribution in [0.3, 0.4) is 0 Å². The van der Waals surface area contributed by atoms with Crippen LogP contribution >= 0.6 is 0 Å². The van der Waals surface area contributed by atoms with Gasteiger partial charge in [0.2, 0.25) is 5.89 Å². The average Bonchev–Trinajstić information content (AvgIpc) is 3.67. The number of oxazole rings is 1. The second kappa shape index (κ2) is 20.6. The lowest BCUT2D eigenvalue weighted by molar-refractivity contribution is 0.574. The number of aromatic nitrogens is 4. The van der Waals surface area contributed by atoms with Crippen molar-refractivity contribution in [2.75, 3.05) is 26.0 Å². The third-order valence-electron chi connectivity index (χ3n) is 9.23. The van der Waals surface area contributed by atoms with Crippen LogP contribution in [-0.2, 0) is 6.54 Å². The predicted octanol–water partition coefficient (Wildman–Crippen LogP) is 10.4. The molecule has 2 saturated carbocycles. The molecular weight excluding hydrogens is 657 g/mol. The Labute approximate surface area is 315 Å². The van der Waals surface area contributed by atoms with Crippen LogP contribution in [0.25, 0.3) is 35.0 Å². The standard InChI is InChI=1S/C17H19N3O.C14H13NO.C13H20N2.CH4/c1-18-15-12-19-16(14-8-3-2-4-9-14)20(17(15)21)11-10-13-6-5-7-13;1-2-11(3-1)10-12-4-6-13(7-5-12)14-15-8-9-16-14;1-10(2)13-5-6-15-9-12(13)7-11(3)8-14-4;/h2-4,8-10,12,18H,5-7,11H2,1H3;4-10H,1-3H2;5-7,9-10,14H,8H2,1-4H3;1H4/b;;11-7+;. The molecule has 3 heterocycles. The summed E-state index contributed by atoms with van der Waals surface area (Å²) in [6, 6.07) is 20.3. The molecule has 8 nitrogen and oxygen atoms in total. The van der Waals surface area contributed by atoms with Crippen molar-refractivity contribution in [3.05, 3.63) is 142 Å². The molecule has 0 amide bonds. The Balaban J connectivity index is 0.000000179. The Hall–Kier alpha value is -5.34. The van der Waals surface area contributed by atoms with Crippen molar-refractivity contribution >= 4 is 17.8 Å². The maximum absolute atomic E-state index is 12.5. The van der Waals surface area contributed by atoms with Gasteiger partial charge < -0.3 is 15.1 Å². The van der Waals surface area contributed by atoms with Crippen LogP contribution in [0.15, 0.2) is 124 Å². The van der Waals surface area contributed by atoms with E-state index in [1.54, 1.807) is 35.8 Å². The summed E-state index contributed by atoms with van der Waals surface area (Å²) in [5.41, 5.74) is 10.7. The minimum atomic E-state index is -0.0254. The molecule has 3 aromatic heterocycles. The van der Waals surface area contributed by atoms with Gasteiger partial charge in [-0.25, -0.2) is 9.97 Å². The SMILES string of the molecule is C.C(=C1CCC1)c1ccc(-c2ncco2)cc1.CNC/C(C)=C/c1cnccc1C(C)C.CNc1cnc(-c2ccccc2)n(CC=C2CCC2)c1=O. The molecule has 0 aliphatic heterocycles. The lowest BCUT2D eigenvalue weighted by Gasteiger charge is -2.17. The molecule has 53 heavy (non-hydrogen) atoms. The van der Waals surface area contributed by atoms with E-state index in [9.17, 15) is 4.79 Å². The fourth-order valence-corrected chi connectivity index (χ4v) is 5.96. The largest absolute Gasteiger partial charge is 0.445 e. The summed E-state index contributed by atoms with van der Waals surface area (Å²) in [5.74, 6) is 1.94. The van der Waals surface area contributed by atoms with E-state index >= 15 is 0 Å². The predicted molar refractivity (Wildman–Crippen MR) is 222 cm³/mol. The molecule has 2 aromatic carbocycles. The van der Waals surface area contributed by atoms with Crippen molar-refractivity contribution in [2.45, 2.75) is 79.2 Å². The molecule has 5 aromatic rings. The van der Waals surface area contributed by atoms with Gasteiger partial charge in [0.15, 0.2) is 0 Å². The maximum Gasteiger partial charge on any atom is 0.277 e. The molecule has 278 valence electrons. The highest BCUT2D eigenvalue weighted by Gasteiger charge is 2.13. The normalized spacial score (nSPS) is 13.3. The first-order chi connectivity index (χ1) is 25.4. The van der Waals surface area contributed by atoms with E-state index in [-0.39, 0.29) is 13.0 Å². The molecule has 0 spiro atoms. The van der Waals surface area contributed by atoms with Gasteiger partial charge in [-0.1, -0.05) is 98.7 Å². The van der Waals surface area contributed by atoms with Gasteiger partial charge in [0, 0.05) is 43.7 Å². The number of anilines is 1. The lowest BCUT2D eigenvalue weighted by atomic mass is 9.90. The molecule has 2 aliphatic carbocycles. The summed E-state index contributed by atoms with van der Waals surface area (Å²) in [6.45, 7) is 8.06. The van der Waals surface area contributed by atoms with Crippen LogP contribution in [0.4, 0.5) is 5.69 Å². The highest BCUT2D eigenvalue weighted by Crippen LogP contribution is 2.28. The van der Waals surface area contributed by atoms with E-state index in [0.717, 1.165) is 36.3 Å². The molecule has 2 aliphatic rings. The van der Waals surface area contributed by atoms with Crippen molar-refractivity contribution in [3.63, 3.8) is 0 Å². The van der Waals surface area contributed by atoms with E-state index in [4.69, 9.17) is 4.42 Å². The van der Waals surface area contributed by atoms with Gasteiger partial charge in [-0.3, -0.25) is 14.3 Å². The topological polar surface area (TPSA) is 97.9 Å². The Morgan fingerprint density at radius 2 is 1.60 bits per heavy atom. The molecule has 0 bridgehead atoms. The van der Waals surface area contributed by atoms with Gasteiger partial charge in [-0.05, 0) is 93.3 Å². The molecule has 0 saturated heterocycles. The summed E-state index contributed by atoms with van der Waals surface area (Å²) in [6.07, 6.45) is 22.8. The number of pyridine rings is 1. The van der Waals surface area contributed by atoms with Crippen LogP contribution in [-0.4, -0.2) is 40.2 Å². The van der Waals surface area contributed by atoms with E-state index in [1.165, 1.54) is 53.5 Å². The van der Waals surface area contributed by atoms with Crippen molar-refractivity contribution in [2.24, 2.45) is 0 Å². The van der Waals surface area contributed by atoms with E-state index < -0.39 is 0 Å². The molecule has 0 unspecified atom stereocenters. The van der Waals surface area contributed by atoms with Gasteiger partial charge in [-0.15, -0.1) is 0 Å². The second-order valence-corrected chi connectivity index (χ2v) is 13.5. The quantitative estimate of drug-likeness (QED) is 0.139. The summed E-state index contributed by atoms with van der Waals surface area (Å²) >= 11 is 0. The van der Waals surface area contributed by atoms with Crippen molar-refractivity contribution in [1.82, 2.24) is 24.8 Å². The number of nitrogens with zero attached hydrogens (tertiary/aromatic N) is 4. The Kier molecular flexibility index (Phi) is 15.7. The van der Waals surface area contributed by atoms with Crippen LogP contribution in [0.5, 0.6) is 0 Å². The monoisotopic (exact) mass is 712 g/mol. The number of allylic oxidation sites excluding steroid dienone is 3. The van der Waals surface area contributed by atoms with Gasteiger partial charge in [0.1, 0.15) is 17.8 Å². The van der Waals surface area contributed by atoms with Crippen molar-refractivity contribution in [3.8, 4) is 22.8 Å². The van der Waals surface area contributed by atoms with Crippen molar-refractivity contribution < 1.29 is 4.42 Å². The summed E-state index contributed by atoms with van der Waals surface area (Å²) in [5, 5.41) is 6.06. The first-order valence-electron chi connectivity index (χ1n) is 18.3. The number of benzene rings is 2. The minimum absolute atomic E-state index is 0. The van der Waals surface area contributed by atoms with Crippen LogP contribution < -0.4 is 16.2 Å². The van der Waals surface area contributed by atoms with Gasteiger partial charge in [-0.2, -0.15) is 0 Å². The van der Waals surface area contributed by atoms with Crippen molar-refractivity contribution in [1.29, 1.82) is 0 Å². The smallest absolute Gasteiger partial charge is 0.277 e. The van der Waals surface area contributed by atoms with E-state index in [1.807, 2.05) is 49.8 Å². The summed E-state index contributed by atoms with van der Waals surface area (Å²) < 4.78 is 6.99. The van der Waals surface area contributed by atoms with Crippen LogP contribution in [0.2, 0.25) is 0 Å². The maximum atomic E-state index is 12.5. The molecule has 8 heteroatoms. The summed E-state index contributed by atoms with van der Waals surface area (Å²) in [4.78, 5) is 25.3. The average molecular weight is 713 g/mol. The van der Waals surface area contributed by atoms with Gasteiger partial charge in [0.05, 0.1) is 12.4 Å². The highest BCUT2D eigenvalue weighted by molar-refractivity contribution is 5.61. The Morgan fingerprint density at radius 3 is 2.19 bits per heavy atom. The zero-order valence-electron chi connectivity index (χ0n) is 31.2. The number of hydrogen-bond acceptors (Lipinski definition) is 7. The highest BCUT2D eigenvalue weighted by atomic mass is 16.3. The number of nitrogens with one attached hydrogen (secondary N) is 2. The van der Waals surface area contributed by atoms with Crippen LogP contribution in [0, 0.1) is 0 Å². The zero-order chi connectivity index (χ0) is 36.7. The zero-order valence-corrected chi connectivity index (χ0v) is 31.2. The van der Waals surface area contributed by atoms with E-state index in [0.29, 0.717) is 24.0 Å². The first kappa shape index (κ1) is 40.4. The molecule has 0 radical (unpaired) electrons. The number of rotatable bonds is 10. The molecule has 0 atom stereocenters. The summed E-state index contributed by atoms with van der Waals surface area (Å²) in [7, 11) is 3.71. The third kappa shape index (κ3) is 11.6. The molecule has 7 rings (SSSR count). The second-order valence-electron chi connectivity index (χ2n) is 13.5. The number of hydrogen-bond donors (Lipinski definition) is 2. The third-order valence-corrected chi connectivity index (χ3v) is 9.23. The first-order valence-corrected chi connectivity index (χ1v) is 18.3. The van der Waals surface area contributed by atoms with E-state index in [2.05, 4.69) is 94.9 Å². The Morgan fingerprint density at radius 1 is 0.887 bits per heavy atom. The van der Waals surface area contributed by atoms with Gasteiger partial charge >= 0.3 is 0 Å². The fraction of sp³-hybridized carbons (Fsp3) is 0.333. The van der Waals surface area contributed by atoms with Crippen LogP contribution in [0.1, 0.15) is 89.3 Å². The molecular formula is C45H56N6O2. The fourth-order valence-electron chi connectivity index (χ4n) is 5.96. The Bertz CT molecular complexity index is 1990.